The van der Waals surface area contributed by atoms with Gasteiger partial charge in [0, 0.05) is 25.0 Å². The highest BCUT2D eigenvalue weighted by Gasteiger charge is 2.19. The van der Waals surface area contributed by atoms with Gasteiger partial charge in [0.15, 0.2) is 0 Å². The second-order valence-corrected chi connectivity index (χ2v) is 8.49. The maximum Gasteiger partial charge on any atom is 0.243 e. The third kappa shape index (κ3) is 5.94. The van der Waals surface area contributed by atoms with Gasteiger partial charge >= 0.3 is 0 Å². The summed E-state index contributed by atoms with van der Waals surface area (Å²) in [6.07, 6.45) is 3.63. The minimum atomic E-state index is -3.54. The smallest absolute Gasteiger partial charge is 0.243 e. The Hall–Kier alpha value is -2.64. The summed E-state index contributed by atoms with van der Waals surface area (Å²) in [4.78, 5) is 12.3. The van der Waals surface area contributed by atoms with Crippen molar-refractivity contribution < 1.29 is 13.2 Å². The molecule has 6 nitrogen and oxygen atoms in total. The molecule has 0 aliphatic heterocycles. The van der Waals surface area contributed by atoms with E-state index < -0.39 is 10.0 Å². The molecule has 0 aliphatic carbocycles. The van der Waals surface area contributed by atoms with Crippen LogP contribution in [0.1, 0.15) is 18.9 Å². The van der Waals surface area contributed by atoms with Gasteiger partial charge in [-0.3, -0.25) is 4.79 Å². The van der Waals surface area contributed by atoms with Crippen molar-refractivity contribution in [2.75, 3.05) is 30.8 Å². The zero-order valence-corrected chi connectivity index (χ0v) is 17.1. The van der Waals surface area contributed by atoms with E-state index in [0.29, 0.717) is 5.69 Å². The zero-order valence-electron chi connectivity index (χ0n) is 16.3. The summed E-state index contributed by atoms with van der Waals surface area (Å²) in [5.74, 6) is -0.175. The van der Waals surface area contributed by atoms with Gasteiger partial charge in [0.1, 0.15) is 0 Å². The van der Waals surface area contributed by atoms with Gasteiger partial charge in [-0.25, -0.2) is 8.42 Å². The molecule has 0 spiro atoms. The molecule has 0 bridgehead atoms. The van der Waals surface area contributed by atoms with Crippen LogP contribution in [0.15, 0.2) is 66.1 Å². The van der Waals surface area contributed by atoms with Crippen molar-refractivity contribution in [1.29, 1.82) is 0 Å². The van der Waals surface area contributed by atoms with Crippen LogP contribution in [0.3, 0.4) is 0 Å². The molecule has 0 radical (unpaired) electrons. The van der Waals surface area contributed by atoms with E-state index in [1.165, 1.54) is 35.1 Å². The van der Waals surface area contributed by atoms with Gasteiger partial charge in [-0.2, -0.15) is 4.31 Å². The third-order valence-corrected chi connectivity index (χ3v) is 6.02. The third-order valence-electron chi connectivity index (χ3n) is 4.18. The molecule has 0 atom stereocenters. The maximum atomic E-state index is 12.4. The van der Waals surface area contributed by atoms with Crippen LogP contribution < -0.4 is 10.6 Å². The Labute approximate surface area is 167 Å². The van der Waals surface area contributed by atoms with Crippen molar-refractivity contribution in [3.8, 4) is 0 Å². The summed E-state index contributed by atoms with van der Waals surface area (Å²) in [6.45, 7) is 6.00. The molecule has 7 heteroatoms. The minimum absolute atomic E-state index is 0.0825. The molecule has 0 saturated heterocycles. The fourth-order valence-corrected chi connectivity index (χ4v) is 3.78. The number of benzene rings is 2. The fraction of sp³-hybridized carbons (Fsp3) is 0.286. The molecule has 2 aromatic carbocycles. The molecule has 0 heterocycles. The Morgan fingerprint density at radius 2 is 1.68 bits per heavy atom. The van der Waals surface area contributed by atoms with Gasteiger partial charge in [0.25, 0.3) is 0 Å². The predicted octanol–water partition coefficient (Wildman–Crippen LogP) is 3.50. The van der Waals surface area contributed by atoms with Crippen molar-refractivity contribution >= 4 is 27.3 Å². The van der Waals surface area contributed by atoms with Gasteiger partial charge in [-0.15, -0.1) is 6.58 Å². The van der Waals surface area contributed by atoms with Gasteiger partial charge in [-0.05, 0) is 48.4 Å². The lowest BCUT2D eigenvalue weighted by molar-refractivity contribution is -0.114. The van der Waals surface area contributed by atoms with E-state index in [1.54, 1.807) is 12.1 Å². The first-order chi connectivity index (χ1) is 13.4. The zero-order chi connectivity index (χ0) is 20.6. The van der Waals surface area contributed by atoms with Crippen molar-refractivity contribution in [3.05, 3.63) is 66.7 Å². The molecule has 2 N–H and O–H groups in total. The van der Waals surface area contributed by atoms with Gasteiger partial charge in [0.2, 0.25) is 15.9 Å². The van der Waals surface area contributed by atoms with Crippen molar-refractivity contribution in [1.82, 2.24) is 4.31 Å². The molecule has 28 heavy (non-hydrogen) atoms. The first-order valence-corrected chi connectivity index (χ1v) is 10.6. The standard InChI is InChI=1S/C21H27N3O3S/c1-4-6-17-7-9-19(10-8-17)23-21(25)16-22-18-11-13-20(14-12-18)28(26,27)24(3)15-5-2/h5,7-14,22H,2,4,6,15-16H2,1,3H3,(H,23,25). The van der Waals surface area contributed by atoms with Crippen LogP contribution >= 0.6 is 0 Å². The quantitative estimate of drug-likeness (QED) is 0.597. The van der Waals surface area contributed by atoms with Crippen LogP contribution in [-0.2, 0) is 21.2 Å². The molecule has 2 rings (SSSR count). The molecule has 1 amide bonds. The molecular weight excluding hydrogens is 374 g/mol. The topological polar surface area (TPSA) is 78.5 Å². The molecule has 0 aromatic heterocycles. The summed E-state index contributed by atoms with van der Waals surface area (Å²) in [5, 5.41) is 5.83. The van der Waals surface area contributed by atoms with E-state index in [9.17, 15) is 13.2 Å². The molecule has 0 unspecified atom stereocenters. The normalized spacial score (nSPS) is 11.2. The van der Waals surface area contributed by atoms with Gasteiger partial charge < -0.3 is 10.6 Å². The lowest BCUT2D eigenvalue weighted by Crippen LogP contribution is -2.27. The SMILES string of the molecule is C=CCN(C)S(=O)(=O)c1ccc(NCC(=O)Nc2ccc(CCC)cc2)cc1. The maximum absolute atomic E-state index is 12.4. The van der Waals surface area contributed by atoms with E-state index in [0.717, 1.165) is 18.5 Å². The molecule has 150 valence electrons. The fourth-order valence-electron chi connectivity index (χ4n) is 2.64. The van der Waals surface area contributed by atoms with E-state index in [2.05, 4.69) is 24.1 Å². The average molecular weight is 402 g/mol. The van der Waals surface area contributed by atoms with Crippen LogP contribution in [0.25, 0.3) is 0 Å². The monoisotopic (exact) mass is 401 g/mol. The second-order valence-electron chi connectivity index (χ2n) is 6.45. The van der Waals surface area contributed by atoms with E-state index >= 15 is 0 Å². The van der Waals surface area contributed by atoms with Crippen LogP contribution in [-0.4, -0.2) is 38.8 Å². The highest BCUT2D eigenvalue weighted by Crippen LogP contribution is 2.17. The first kappa shape index (κ1) is 21.7. The molecule has 0 fully saturated rings. The van der Waals surface area contributed by atoms with Crippen LogP contribution in [0.4, 0.5) is 11.4 Å². The van der Waals surface area contributed by atoms with Crippen molar-refractivity contribution in [2.45, 2.75) is 24.7 Å². The Bertz CT molecular complexity index is 891. The van der Waals surface area contributed by atoms with Crippen LogP contribution in [0, 0.1) is 0 Å². The van der Waals surface area contributed by atoms with E-state index in [1.807, 2.05) is 24.3 Å². The number of likely N-dealkylation sites (N-methyl/N-ethyl adjacent to an activating group) is 1. The minimum Gasteiger partial charge on any atom is -0.376 e. The Kier molecular flexibility index (Phi) is 7.78. The van der Waals surface area contributed by atoms with E-state index in [-0.39, 0.29) is 23.9 Å². The Morgan fingerprint density at radius 3 is 2.25 bits per heavy atom. The number of nitrogens with zero attached hydrogens (tertiary/aromatic N) is 1. The predicted molar refractivity (Wildman–Crippen MR) is 114 cm³/mol. The van der Waals surface area contributed by atoms with Crippen LogP contribution in [0.5, 0.6) is 0 Å². The summed E-state index contributed by atoms with van der Waals surface area (Å²) in [6, 6.07) is 14.1. The number of amides is 1. The summed E-state index contributed by atoms with van der Waals surface area (Å²) >= 11 is 0. The second kappa shape index (κ2) is 10.1. The van der Waals surface area contributed by atoms with Gasteiger partial charge in [0.05, 0.1) is 11.4 Å². The van der Waals surface area contributed by atoms with Gasteiger partial charge in [-0.1, -0.05) is 31.6 Å². The number of hydrogen-bond acceptors (Lipinski definition) is 4. The molecule has 0 saturated carbocycles. The van der Waals surface area contributed by atoms with Crippen LogP contribution in [0.2, 0.25) is 0 Å². The van der Waals surface area contributed by atoms with E-state index in [4.69, 9.17) is 0 Å². The Balaban J connectivity index is 1.90. The lowest BCUT2D eigenvalue weighted by atomic mass is 10.1. The average Bonchev–Trinajstić information content (AvgIpc) is 2.68. The number of nitrogens with one attached hydrogen (secondary N) is 2. The number of aryl methyl sites for hydroxylation is 1. The number of carbonyl (C=O) groups is 1. The highest BCUT2D eigenvalue weighted by molar-refractivity contribution is 7.89. The number of anilines is 2. The number of rotatable bonds is 10. The van der Waals surface area contributed by atoms with Crippen molar-refractivity contribution in [3.63, 3.8) is 0 Å². The van der Waals surface area contributed by atoms with Crippen molar-refractivity contribution in [2.24, 2.45) is 0 Å². The number of carbonyl (C=O) groups excluding carboxylic acids is 1. The molecule has 0 aliphatic rings. The molecule has 2 aromatic rings. The summed E-state index contributed by atoms with van der Waals surface area (Å²) < 4.78 is 25.9. The first-order valence-electron chi connectivity index (χ1n) is 9.16. The molecular formula is C21H27N3O3S. The Morgan fingerprint density at radius 1 is 1.07 bits per heavy atom. The summed E-state index contributed by atoms with van der Waals surface area (Å²) in [5.41, 5.74) is 2.66. The summed E-state index contributed by atoms with van der Waals surface area (Å²) in [7, 11) is -2.04. The highest BCUT2D eigenvalue weighted by atomic mass is 32.2. The largest absolute Gasteiger partial charge is 0.376 e. The number of hydrogen-bond donors (Lipinski definition) is 2. The number of sulfonamides is 1. The lowest BCUT2D eigenvalue weighted by Gasteiger charge is -2.15.